The summed E-state index contributed by atoms with van der Waals surface area (Å²) in [6.45, 7) is 11.3. The number of hydrazine groups is 1. The van der Waals surface area contributed by atoms with Gasteiger partial charge in [0.2, 0.25) is 5.91 Å². The number of hydrogen-bond donors (Lipinski definition) is 3. The number of hydrogen-bond acceptors (Lipinski definition) is 6. The van der Waals surface area contributed by atoms with Gasteiger partial charge < -0.3 is 10.6 Å². The monoisotopic (exact) mass is 396 g/mol. The Kier molecular flexibility index (Phi) is 7.36. The molecule has 0 aromatic rings. The minimum atomic E-state index is -0.980. The van der Waals surface area contributed by atoms with Gasteiger partial charge >= 0.3 is 6.03 Å². The third-order valence-corrected chi connectivity index (χ3v) is 5.11. The molecule has 5 amide bonds. The highest BCUT2D eigenvalue weighted by atomic mass is 16.2. The van der Waals surface area contributed by atoms with E-state index in [-0.39, 0.29) is 12.5 Å². The van der Waals surface area contributed by atoms with Crippen molar-refractivity contribution in [2.24, 2.45) is 5.92 Å². The highest BCUT2D eigenvalue weighted by molar-refractivity contribution is 6.07. The van der Waals surface area contributed by atoms with Crippen molar-refractivity contribution in [3.05, 3.63) is 0 Å². The second-order valence-electron chi connectivity index (χ2n) is 8.04. The van der Waals surface area contributed by atoms with Gasteiger partial charge in [-0.1, -0.05) is 20.8 Å². The zero-order valence-electron chi connectivity index (χ0n) is 17.2. The smallest absolute Gasteiger partial charge is 0.344 e. The van der Waals surface area contributed by atoms with Crippen molar-refractivity contribution in [1.82, 2.24) is 30.9 Å². The van der Waals surface area contributed by atoms with Gasteiger partial charge in [-0.3, -0.25) is 29.6 Å². The molecule has 1 atom stereocenters. The fraction of sp³-hybridized carbons (Fsp3) is 0.778. The third-order valence-electron chi connectivity index (χ3n) is 5.11. The van der Waals surface area contributed by atoms with Crippen LogP contribution in [0.15, 0.2) is 0 Å². The predicted molar refractivity (Wildman–Crippen MR) is 103 cm³/mol. The molecule has 2 rings (SSSR count). The summed E-state index contributed by atoms with van der Waals surface area (Å²) >= 11 is 0. The van der Waals surface area contributed by atoms with Gasteiger partial charge in [0, 0.05) is 32.7 Å². The Morgan fingerprint density at radius 3 is 2.07 bits per heavy atom. The number of amides is 5. The highest BCUT2D eigenvalue weighted by Crippen LogP contribution is 2.19. The molecular formula is C18H32N6O4. The van der Waals surface area contributed by atoms with E-state index in [4.69, 9.17) is 0 Å². The molecule has 0 unspecified atom stereocenters. The second-order valence-corrected chi connectivity index (χ2v) is 8.04. The van der Waals surface area contributed by atoms with Gasteiger partial charge in [0.05, 0.1) is 13.1 Å². The van der Waals surface area contributed by atoms with Crippen molar-refractivity contribution in [2.45, 2.75) is 39.7 Å². The predicted octanol–water partition coefficient (Wildman–Crippen LogP) is -0.872. The first-order chi connectivity index (χ1) is 13.1. The topological polar surface area (TPSA) is 114 Å². The fourth-order valence-electron chi connectivity index (χ4n) is 3.07. The Hall–Kier alpha value is -2.20. The fourth-order valence-corrected chi connectivity index (χ4v) is 3.07. The van der Waals surface area contributed by atoms with Crippen LogP contribution in [0.25, 0.3) is 0 Å². The molecule has 2 aliphatic rings. The van der Waals surface area contributed by atoms with Crippen molar-refractivity contribution < 1.29 is 19.2 Å². The quantitative estimate of drug-likeness (QED) is 0.460. The molecule has 2 heterocycles. The highest BCUT2D eigenvalue weighted by Gasteiger charge is 2.47. The summed E-state index contributed by atoms with van der Waals surface area (Å²) in [6.07, 6.45) is 0.441. The minimum absolute atomic E-state index is 0.0115. The van der Waals surface area contributed by atoms with E-state index < -0.39 is 23.4 Å². The average molecular weight is 396 g/mol. The van der Waals surface area contributed by atoms with E-state index in [1.807, 2.05) is 23.6 Å². The van der Waals surface area contributed by atoms with Crippen LogP contribution in [0.1, 0.15) is 34.1 Å². The lowest BCUT2D eigenvalue weighted by atomic mass is 10.00. The lowest BCUT2D eigenvalue weighted by Crippen LogP contribution is -2.54. The molecule has 10 nitrogen and oxygen atoms in total. The number of rotatable bonds is 8. The van der Waals surface area contributed by atoms with Gasteiger partial charge in [0.25, 0.3) is 11.8 Å². The molecule has 0 aromatic carbocycles. The van der Waals surface area contributed by atoms with Gasteiger partial charge in [-0.25, -0.2) is 4.79 Å². The maximum atomic E-state index is 12.3. The van der Waals surface area contributed by atoms with Crippen molar-refractivity contribution in [3.63, 3.8) is 0 Å². The van der Waals surface area contributed by atoms with E-state index in [1.165, 1.54) is 0 Å². The summed E-state index contributed by atoms with van der Waals surface area (Å²) in [7, 11) is 0. The molecule has 0 spiro atoms. The van der Waals surface area contributed by atoms with Crippen LogP contribution in [0.4, 0.5) is 4.79 Å². The van der Waals surface area contributed by atoms with Gasteiger partial charge in [0.15, 0.2) is 0 Å². The Balaban J connectivity index is 1.73. The largest absolute Gasteiger partial charge is 0.355 e. The number of carbonyl (C=O) groups excluding carboxylic acids is 4. The summed E-state index contributed by atoms with van der Waals surface area (Å²) in [4.78, 5) is 52.4. The number of nitrogens with one attached hydrogen (secondary N) is 3. The van der Waals surface area contributed by atoms with Crippen LogP contribution in [0.3, 0.4) is 0 Å². The van der Waals surface area contributed by atoms with Crippen molar-refractivity contribution >= 4 is 23.8 Å². The normalized spacial score (nSPS) is 23.8. The van der Waals surface area contributed by atoms with Crippen LogP contribution in [0.2, 0.25) is 0 Å². The van der Waals surface area contributed by atoms with Crippen LogP contribution >= 0.6 is 0 Å². The van der Waals surface area contributed by atoms with Crippen molar-refractivity contribution in [1.29, 1.82) is 0 Å². The van der Waals surface area contributed by atoms with Crippen LogP contribution in [0.5, 0.6) is 0 Å². The first kappa shape index (κ1) is 22.1. The third kappa shape index (κ3) is 5.65. The van der Waals surface area contributed by atoms with Crippen LogP contribution in [-0.4, -0.2) is 89.9 Å². The van der Waals surface area contributed by atoms with E-state index in [0.717, 1.165) is 5.01 Å². The first-order valence-corrected chi connectivity index (χ1v) is 9.82. The van der Waals surface area contributed by atoms with Crippen LogP contribution < -0.4 is 16.1 Å². The Morgan fingerprint density at radius 1 is 1.07 bits per heavy atom. The molecule has 0 saturated carbocycles. The van der Waals surface area contributed by atoms with Gasteiger partial charge in [-0.2, -0.15) is 5.01 Å². The number of nitrogens with zero attached hydrogens (tertiary/aromatic N) is 3. The Morgan fingerprint density at radius 2 is 1.61 bits per heavy atom. The second kappa shape index (κ2) is 9.33. The molecule has 28 heavy (non-hydrogen) atoms. The molecule has 2 fully saturated rings. The van der Waals surface area contributed by atoms with Gasteiger partial charge in [-0.15, -0.1) is 0 Å². The van der Waals surface area contributed by atoms with E-state index in [9.17, 15) is 19.2 Å². The van der Waals surface area contributed by atoms with E-state index in [2.05, 4.69) is 16.1 Å². The SMILES string of the molecule is CC[C@@]1(C)NC(=O)N(NC(=O)CN2CCN(CC(=O)NCC(C)C)CC2)C1=O. The van der Waals surface area contributed by atoms with E-state index >= 15 is 0 Å². The summed E-state index contributed by atoms with van der Waals surface area (Å²) in [6, 6.07) is -0.611. The maximum absolute atomic E-state index is 12.3. The Bertz CT molecular complexity index is 617. The van der Waals surface area contributed by atoms with Crippen LogP contribution in [0, 0.1) is 5.92 Å². The molecule has 0 bridgehead atoms. The molecule has 0 aliphatic carbocycles. The van der Waals surface area contributed by atoms with E-state index in [1.54, 1.807) is 13.8 Å². The number of piperazine rings is 1. The zero-order valence-corrected chi connectivity index (χ0v) is 17.2. The summed E-state index contributed by atoms with van der Waals surface area (Å²) in [5.41, 5.74) is 1.42. The molecule has 0 radical (unpaired) electrons. The molecule has 2 aliphatic heterocycles. The van der Waals surface area contributed by atoms with E-state index in [0.29, 0.717) is 51.6 Å². The number of imide groups is 1. The summed E-state index contributed by atoms with van der Waals surface area (Å²) in [5, 5.41) is 6.26. The van der Waals surface area contributed by atoms with Crippen molar-refractivity contribution in [3.8, 4) is 0 Å². The lowest BCUT2D eigenvalue weighted by Gasteiger charge is -2.34. The molecular weight excluding hydrogens is 364 g/mol. The van der Waals surface area contributed by atoms with Crippen LogP contribution in [-0.2, 0) is 14.4 Å². The minimum Gasteiger partial charge on any atom is -0.355 e. The maximum Gasteiger partial charge on any atom is 0.344 e. The molecule has 0 aromatic heterocycles. The average Bonchev–Trinajstić information content (AvgIpc) is 2.85. The number of carbonyl (C=O) groups is 4. The van der Waals surface area contributed by atoms with Gasteiger partial charge in [0.1, 0.15) is 5.54 Å². The van der Waals surface area contributed by atoms with Crippen molar-refractivity contribution in [2.75, 3.05) is 45.8 Å². The summed E-state index contributed by atoms with van der Waals surface area (Å²) in [5.74, 6) is -0.436. The molecule has 10 heteroatoms. The lowest BCUT2D eigenvalue weighted by molar-refractivity contribution is -0.139. The molecule has 3 N–H and O–H groups in total. The standard InChI is InChI=1S/C18H32N6O4/c1-5-18(4)16(27)24(17(28)20-18)21-15(26)12-23-8-6-22(7-9-23)11-14(25)19-10-13(2)3/h13H,5-12H2,1-4H3,(H,19,25)(H,20,28)(H,21,26)/t18-/m1/s1. The molecule has 2 saturated heterocycles. The first-order valence-electron chi connectivity index (χ1n) is 9.82. The number of urea groups is 1. The zero-order chi connectivity index (χ0) is 20.9. The Labute approximate surface area is 165 Å². The van der Waals surface area contributed by atoms with Gasteiger partial charge in [-0.05, 0) is 19.3 Å². The molecule has 158 valence electrons. The summed E-state index contributed by atoms with van der Waals surface area (Å²) < 4.78 is 0.